The molecule has 0 saturated heterocycles. The topological polar surface area (TPSA) is 77.0 Å². The zero-order valence-electron chi connectivity index (χ0n) is 15.1. The summed E-state index contributed by atoms with van der Waals surface area (Å²) in [5, 5.41) is 2.68. The largest absolute Gasteiger partial charge is 0.492 e. The molecule has 1 aliphatic heterocycles. The number of benzene rings is 2. The zero-order valence-corrected chi connectivity index (χ0v) is 18.3. The smallest absolute Gasteiger partial charge is 0.363 e. The standard InChI is InChI=1S/C20H16Br2N2O4/c1-3-27-18-15(21)8-12(9-16(18)22)10-17-20(26)28-19(24-17)13-4-6-14(7-5-13)23-11(2)25/h4-10H,3H2,1-2H3,(H,23,25)/b17-10-. The minimum Gasteiger partial charge on any atom is -0.492 e. The number of halogens is 2. The molecule has 0 saturated carbocycles. The summed E-state index contributed by atoms with van der Waals surface area (Å²) in [7, 11) is 0. The molecule has 0 radical (unpaired) electrons. The predicted molar refractivity (Wildman–Crippen MR) is 114 cm³/mol. The molecule has 1 aliphatic rings. The highest BCUT2D eigenvalue weighted by atomic mass is 79.9. The summed E-state index contributed by atoms with van der Waals surface area (Å²) in [4.78, 5) is 27.6. The van der Waals surface area contributed by atoms with E-state index in [0.717, 1.165) is 14.5 Å². The Hall–Kier alpha value is -2.45. The fraction of sp³-hybridized carbons (Fsp3) is 0.150. The lowest BCUT2D eigenvalue weighted by atomic mass is 10.2. The van der Waals surface area contributed by atoms with Gasteiger partial charge >= 0.3 is 5.97 Å². The van der Waals surface area contributed by atoms with Crippen molar-refractivity contribution < 1.29 is 19.1 Å². The van der Waals surface area contributed by atoms with Crippen molar-refractivity contribution in [3.05, 3.63) is 62.2 Å². The van der Waals surface area contributed by atoms with Gasteiger partial charge in [0.25, 0.3) is 0 Å². The maximum atomic E-state index is 12.2. The molecular weight excluding hydrogens is 492 g/mol. The van der Waals surface area contributed by atoms with Crippen LogP contribution in [0.4, 0.5) is 5.69 Å². The molecule has 8 heteroatoms. The number of hydrogen-bond acceptors (Lipinski definition) is 5. The van der Waals surface area contributed by atoms with Crippen molar-refractivity contribution in [2.75, 3.05) is 11.9 Å². The molecule has 0 aliphatic carbocycles. The van der Waals surface area contributed by atoms with E-state index in [1.165, 1.54) is 6.92 Å². The van der Waals surface area contributed by atoms with Crippen molar-refractivity contribution in [1.82, 2.24) is 0 Å². The molecule has 0 bridgehead atoms. The highest BCUT2D eigenvalue weighted by Crippen LogP contribution is 2.35. The van der Waals surface area contributed by atoms with E-state index < -0.39 is 5.97 Å². The van der Waals surface area contributed by atoms with Crippen LogP contribution in [0.2, 0.25) is 0 Å². The number of ether oxygens (including phenoxy) is 2. The van der Waals surface area contributed by atoms with Gasteiger partial charge in [-0.05, 0) is 86.8 Å². The molecule has 0 aromatic heterocycles. The van der Waals surface area contributed by atoms with Gasteiger partial charge in [0, 0.05) is 18.2 Å². The first kappa shape index (κ1) is 20.3. The van der Waals surface area contributed by atoms with E-state index in [4.69, 9.17) is 9.47 Å². The van der Waals surface area contributed by atoms with Gasteiger partial charge in [0.1, 0.15) is 5.75 Å². The van der Waals surface area contributed by atoms with E-state index in [1.54, 1.807) is 30.3 Å². The fourth-order valence-corrected chi connectivity index (χ4v) is 3.99. The Morgan fingerprint density at radius 2 is 1.86 bits per heavy atom. The van der Waals surface area contributed by atoms with Crippen LogP contribution >= 0.6 is 31.9 Å². The fourth-order valence-electron chi connectivity index (χ4n) is 2.53. The maximum Gasteiger partial charge on any atom is 0.363 e. The van der Waals surface area contributed by atoms with Crippen molar-refractivity contribution in [3.8, 4) is 5.75 Å². The SMILES string of the molecule is CCOc1c(Br)cc(/C=C2\N=C(c3ccc(NC(C)=O)cc3)OC2=O)cc1Br. The summed E-state index contributed by atoms with van der Waals surface area (Å²) in [6.45, 7) is 3.88. The van der Waals surface area contributed by atoms with E-state index >= 15 is 0 Å². The monoisotopic (exact) mass is 506 g/mol. The molecule has 6 nitrogen and oxygen atoms in total. The minimum atomic E-state index is -0.526. The Bertz CT molecular complexity index is 975. The lowest BCUT2D eigenvalue weighted by molar-refractivity contribution is -0.129. The molecule has 28 heavy (non-hydrogen) atoms. The third kappa shape index (κ3) is 4.69. The summed E-state index contributed by atoms with van der Waals surface area (Å²) < 4.78 is 12.4. The normalized spacial score (nSPS) is 14.6. The number of esters is 1. The average molecular weight is 508 g/mol. The zero-order chi connectivity index (χ0) is 20.3. The Labute approximate surface area is 178 Å². The Kier molecular flexibility index (Phi) is 6.31. The number of rotatable bonds is 5. The van der Waals surface area contributed by atoms with Crippen LogP contribution in [0.25, 0.3) is 6.08 Å². The summed E-state index contributed by atoms with van der Waals surface area (Å²) >= 11 is 6.94. The maximum absolute atomic E-state index is 12.2. The van der Waals surface area contributed by atoms with Crippen molar-refractivity contribution in [3.63, 3.8) is 0 Å². The van der Waals surface area contributed by atoms with Crippen LogP contribution < -0.4 is 10.1 Å². The number of cyclic esters (lactones) is 1. The number of carbonyl (C=O) groups is 2. The quantitative estimate of drug-likeness (QED) is 0.460. The number of nitrogens with one attached hydrogen (secondary N) is 1. The van der Waals surface area contributed by atoms with Crippen LogP contribution in [0.15, 0.2) is 56.0 Å². The molecule has 1 amide bonds. The summed E-state index contributed by atoms with van der Waals surface area (Å²) in [5.74, 6) is 0.231. The second-order valence-electron chi connectivity index (χ2n) is 5.84. The second kappa shape index (κ2) is 8.70. The van der Waals surface area contributed by atoms with Gasteiger partial charge in [-0.2, -0.15) is 0 Å². The molecule has 1 heterocycles. The van der Waals surface area contributed by atoms with Crippen LogP contribution in [0.1, 0.15) is 25.0 Å². The number of hydrogen-bond donors (Lipinski definition) is 1. The highest BCUT2D eigenvalue weighted by Gasteiger charge is 2.24. The lowest BCUT2D eigenvalue weighted by Crippen LogP contribution is -2.07. The van der Waals surface area contributed by atoms with Crippen LogP contribution in [-0.4, -0.2) is 24.4 Å². The Balaban J connectivity index is 1.86. The van der Waals surface area contributed by atoms with Gasteiger partial charge in [-0.3, -0.25) is 4.79 Å². The molecule has 0 spiro atoms. The van der Waals surface area contributed by atoms with Gasteiger partial charge in [0.15, 0.2) is 5.70 Å². The molecular formula is C20H16Br2N2O4. The summed E-state index contributed by atoms with van der Waals surface area (Å²) in [6.07, 6.45) is 1.65. The molecule has 0 atom stereocenters. The van der Waals surface area contributed by atoms with E-state index in [2.05, 4.69) is 42.2 Å². The van der Waals surface area contributed by atoms with Crippen molar-refractivity contribution >= 4 is 61.4 Å². The minimum absolute atomic E-state index is 0.157. The molecule has 144 valence electrons. The second-order valence-corrected chi connectivity index (χ2v) is 7.55. The number of carbonyl (C=O) groups excluding carboxylic acids is 2. The van der Waals surface area contributed by atoms with Crippen molar-refractivity contribution in [2.24, 2.45) is 4.99 Å². The van der Waals surface area contributed by atoms with E-state index in [0.29, 0.717) is 23.6 Å². The molecule has 3 rings (SSSR count). The molecule has 2 aromatic carbocycles. The van der Waals surface area contributed by atoms with Crippen LogP contribution in [0.3, 0.4) is 0 Å². The Morgan fingerprint density at radius 1 is 1.21 bits per heavy atom. The number of nitrogens with zero attached hydrogens (tertiary/aromatic N) is 1. The van der Waals surface area contributed by atoms with Crippen molar-refractivity contribution in [1.29, 1.82) is 0 Å². The van der Waals surface area contributed by atoms with Crippen LogP contribution in [0, 0.1) is 0 Å². The van der Waals surface area contributed by atoms with Gasteiger partial charge in [-0.15, -0.1) is 0 Å². The first-order chi connectivity index (χ1) is 13.4. The van der Waals surface area contributed by atoms with Gasteiger partial charge < -0.3 is 14.8 Å². The van der Waals surface area contributed by atoms with E-state index in [-0.39, 0.29) is 17.5 Å². The lowest BCUT2D eigenvalue weighted by Gasteiger charge is -2.09. The van der Waals surface area contributed by atoms with Crippen LogP contribution in [-0.2, 0) is 14.3 Å². The van der Waals surface area contributed by atoms with Crippen LogP contribution in [0.5, 0.6) is 5.75 Å². The molecule has 2 aromatic rings. The highest BCUT2D eigenvalue weighted by molar-refractivity contribution is 9.11. The number of amides is 1. The third-order valence-corrected chi connectivity index (χ3v) is 4.86. The summed E-state index contributed by atoms with van der Waals surface area (Å²) in [6, 6.07) is 10.6. The predicted octanol–water partition coefficient (Wildman–Crippen LogP) is 4.91. The molecule has 1 N–H and O–H groups in total. The first-order valence-electron chi connectivity index (χ1n) is 8.39. The number of anilines is 1. The molecule has 0 fully saturated rings. The Morgan fingerprint density at radius 3 is 2.43 bits per heavy atom. The van der Waals surface area contributed by atoms with Gasteiger partial charge in [0.05, 0.1) is 15.6 Å². The first-order valence-corrected chi connectivity index (χ1v) is 9.98. The van der Waals surface area contributed by atoms with Crippen molar-refractivity contribution in [2.45, 2.75) is 13.8 Å². The number of aliphatic imine (C=N–C) groups is 1. The van der Waals surface area contributed by atoms with Gasteiger partial charge in [-0.25, -0.2) is 9.79 Å². The molecule has 0 unspecified atom stereocenters. The van der Waals surface area contributed by atoms with E-state index in [9.17, 15) is 9.59 Å². The third-order valence-electron chi connectivity index (χ3n) is 3.69. The van der Waals surface area contributed by atoms with E-state index in [1.807, 2.05) is 19.1 Å². The van der Waals surface area contributed by atoms with Gasteiger partial charge in [0.2, 0.25) is 11.8 Å². The summed E-state index contributed by atoms with van der Waals surface area (Å²) in [5.41, 5.74) is 2.25. The average Bonchev–Trinajstić information content (AvgIpc) is 2.99. The van der Waals surface area contributed by atoms with Gasteiger partial charge in [-0.1, -0.05) is 0 Å².